The number of hydrogen-bond acceptors (Lipinski definition) is 5. The summed E-state index contributed by atoms with van der Waals surface area (Å²) in [6, 6.07) is 7.96. The van der Waals surface area contributed by atoms with Crippen LogP contribution in [-0.4, -0.2) is 73.0 Å². The zero-order valence-corrected chi connectivity index (χ0v) is 14.0. The van der Waals surface area contributed by atoms with Crippen LogP contribution in [0.3, 0.4) is 0 Å². The highest BCUT2D eigenvalue weighted by Crippen LogP contribution is 2.13. The van der Waals surface area contributed by atoms with Crippen LogP contribution < -0.4 is 0 Å². The minimum absolute atomic E-state index is 0.129. The maximum Gasteiger partial charge on any atom is 0.244 e. The fourth-order valence-electron chi connectivity index (χ4n) is 3.19. The van der Waals surface area contributed by atoms with E-state index in [1.807, 2.05) is 40.0 Å². The van der Waals surface area contributed by atoms with Crippen LogP contribution in [0.2, 0.25) is 0 Å². The van der Waals surface area contributed by atoms with Crippen LogP contribution in [0.1, 0.15) is 0 Å². The van der Waals surface area contributed by atoms with Crippen molar-refractivity contribution in [1.29, 1.82) is 0 Å². The van der Waals surface area contributed by atoms with Crippen LogP contribution in [0.4, 0.5) is 0 Å². The lowest BCUT2D eigenvalue weighted by Crippen LogP contribution is -2.50. The van der Waals surface area contributed by atoms with Gasteiger partial charge in [-0.25, -0.2) is 4.98 Å². The van der Waals surface area contributed by atoms with Crippen LogP contribution in [0.15, 0.2) is 43.1 Å². The van der Waals surface area contributed by atoms with Crippen molar-refractivity contribution in [2.24, 2.45) is 0 Å². The predicted molar refractivity (Wildman–Crippen MR) is 92.8 cm³/mol. The molecule has 130 valence electrons. The summed E-state index contributed by atoms with van der Waals surface area (Å²) < 4.78 is 3.62. The molecular formula is C17H21N7O. The van der Waals surface area contributed by atoms with E-state index in [2.05, 4.69) is 20.1 Å². The van der Waals surface area contributed by atoms with Crippen molar-refractivity contribution >= 4 is 16.8 Å². The summed E-state index contributed by atoms with van der Waals surface area (Å²) in [6.45, 7) is 5.35. The number of aromatic nitrogens is 5. The van der Waals surface area contributed by atoms with Crippen LogP contribution in [-0.2, 0) is 17.9 Å². The number of piperazine rings is 1. The van der Waals surface area contributed by atoms with Crippen molar-refractivity contribution < 1.29 is 4.79 Å². The van der Waals surface area contributed by atoms with E-state index in [9.17, 15) is 4.79 Å². The predicted octanol–water partition coefficient (Wildman–Crippen LogP) is 0.472. The molecule has 0 radical (unpaired) electrons. The number of carbonyl (C=O) groups excluding carboxylic acids is 1. The Labute approximate surface area is 145 Å². The third-order valence-corrected chi connectivity index (χ3v) is 4.67. The van der Waals surface area contributed by atoms with Gasteiger partial charge in [-0.2, -0.15) is 10.2 Å². The van der Waals surface area contributed by atoms with Gasteiger partial charge in [0.2, 0.25) is 5.91 Å². The molecular weight excluding hydrogens is 318 g/mol. The minimum atomic E-state index is 0.129. The fraction of sp³-hybridized carbons (Fsp3) is 0.412. The molecule has 3 heterocycles. The number of benzene rings is 1. The molecule has 25 heavy (non-hydrogen) atoms. The number of para-hydroxylation sites is 1. The molecule has 3 aromatic rings. The first-order valence-electron chi connectivity index (χ1n) is 8.53. The molecule has 0 aliphatic carbocycles. The molecule has 0 unspecified atom stereocenters. The second-order valence-corrected chi connectivity index (χ2v) is 6.24. The third kappa shape index (κ3) is 3.53. The molecule has 1 saturated heterocycles. The van der Waals surface area contributed by atoms with Crippen LogP contribution in [0, 0.1) is 0 Å². The van der Waals surface area contributed by atoms with Gasteiger partial charge in [-0.1, -0.05) is 18.2 Å². The van der Waals surface area contributed by atoms with Crippen molar-refractivity contribution in [3.05, 3.63) is 43.1 Å². The van der Waals surface area contributed by atoms with Crippen molar-refractivity contribution in [1.82, 2.24) is 34.3 Å². The number of fused-ring (bicyclic) bond motifs is 1. The van der Waals surface area contributed by atoms with Gasteiger partial charge in [-0.15, -0.1) is 0 Å². The quantitative estimate of drug-likeness (QED) is 0.676. The molecule has 1 aliphatic heterocycles. The summed E-state index contributed by atoms with van der Waals surface area (Å²) in [4.78, 5) is 20.8. The van der Waals surface area contributed by atoms with Gasteiger partial charge in [-0.05, 0) is 6.07 Å². The number of rotatable bonds is 5. The van der Waals surface area contributed by atoms with Crippen LogP contribution >= 0.6 is 0 Å². The van der Waals surface area contributed by atoms with E-state index in [4.69, 9.17) is 0 Å². The Hall–Kier alpha value is -2.74. The Bertz CT molecular complexity index is 834. The van der Waals surface area contributed by atoms with E-state index in [-0.39, 0.29) is 5.91 Å². The summed E-state index contributed by atoms with van der Waals surface area (Å²) in [5.74, 6) is 0.129. The highest BCUT2D eigenvalue weighted by atomic mass is 16.2. The van der Waals surface area contributed by atoms with E-state index >= 15 is 0 Å². The topological polar surface area (TPSA) is 72.1 Å². The fourth-order valence-corrected chi connectivity index (χ4v) is 3.19. The molecule has 0 bridgehead atoms. The molecule has 1 aromatic carbocycles. The lowest BCUT2D eigenvalue weighted by molar-refractivity contribution is -0.133. The van der Waals surface area contributed by atoms with Gasteiger partial charge in [0.1, 0.15) is 19.2 Å². The number of nitrogens with zero attached hydrogens (tertiary/aromatic N) is 7. The monoisotopic (exact) mass is 339 g/mol. The van der Waals surface area contributed by atoms with E-state index in [1.54, 1.807) is 17.3 Å². The largest absolute Gasteiger partial charge is 0.339 e. The van der Waals surface area contributed by atoms with Crippen LogP contribution in [0.25, 0.3) is 10.9 Å². The molecule has 4 rings (SSSR count). The normalized spacial score (nSPS) is 15.8. The SMILES string of the molecule is O=C(Cn1ncc2ccccc21)N1CCN(CCn2cncn2)CC1. The summed E-state index contributed by atoms with van der Waals surface area (Å²) in [6.07, 6.45) is 5.09. The molecule has 0 atom stereocenters. The van der Waals surface area contributed by atoms with Gasteiger partial charge < -0.3 is 4.90 Å². The molecule has 1 aliphatic rings. The van der Waals surface area contributed by atoms with Gasteiger partial charge in [0.25, 0.3) is 0 Å². The Morgan fingerprint density at radius 1 is 1.04 bits per heavy atom. The average molecular weight is 339 g/mol. The Morgan fingerprint density at radius 3 is 2.68 bits per heavy atom. The summed E-state index contributed by atoms with van der Waals surface area (Å²) in [5, 5.41) is 9.52. The smallest absolute Gasteiger partial charge is 0.244 e. The first kappa shape index (κ1) is 15.8. The average Bonchev–Trinajstić information content (AvgIpc) is 3.31. The summed E-state index contributed by atoms with van der Waals surface area (Å²) >= 11 is 0. The van der Waals surface area contributed by atoms with Gasteiger partial charge in [0, 0.05) is 38.1 Å². The molecule has 1 amide bonds. The lowest BCUT2D eigenvalue weighted by atomic mass is 10.2. The number of hydrogen-bond donors (Lipinski definition) is 0. The first-order chi connectivity index (χ1) is 12.3. The van der Waals surface area contributed by atoms with E-state index < -0.39 is 0 Å². The second-order valence-electron chi connectivity index (χ2n) is 6.24. The Morgan fingerprint density at radius 2 is 1.88 bits per heavy atom. The number of carbonyl (C=O) groups is 1. The maximum absolute atomic E-state index is 12.6. The van der Waals surface area contributed by atoms with Gasteiger partial charge >= 0.3 is 0 Å². The highest BCUT2D eigenvalue weighted by Gasteiger charge is 2.21. The lowest BCUT2D eigenvalue weighted by Gasteiger charge is -2.34. The molecule has 8 heteroatoms. The molecule has 2 aromatic heterocycles. The van der Waals surface area contributed by atoms with Crippen molar-refractivity contribution in [3.8, 4) is 0 Å². The van der Waals surface area contributed by atoms with E-state index in [0.717, 1.165) is 50.2 Å². The van der Waals surface area contributed by atoms with Crippen molar-refractivity contribution in [2.75, 3.05) is 32.7 Å². The second kappa shape index (κ2) is 7.02. The molecule has 0 N–H and O–H groups in total. The van der Waals surface area contributed by atoms with E-state index in [1.165, 1.54) is 0 Å². The highest BCUT2D eigenvalue weighted by molar-refractivity contribution is 5.82. The van der Waals surface area contributed by atoms with Crippen molar-refractivity contribution in [3.63, 3.8) is 0 Å². The maximum atomic E-state index is 12.6. The Kier molecular flexibility index (Phi) is 4.43. The zero-order chi connectivity index (χ0) is 17.1. The minimum Gasteiger partial charge on any atom is -0.339 e. The van der Waals surface area contributed by atoms with E-state index in [0.29, 0.717) is 6.54 Å². The molecule has 8 nitrogen and oxygen atoms in total. The molecule has 0 saturated carbocycles. The third-order valence-electron chi connectivity index (χ3n) is 4.67. The van der Waals surface area contributed by atoms with Gasteiger partial charge in [0.15, 0.2) is 0 Å². The molecule has 1 fully saturated rings. The standard InChI is InChI=1S/C17H21N7O/c25-17(12-24-16-4-2-1-3-15(16)11-19-24)22-8-5-21(6-9-22)7-10-23-14-18-13-20-23/h1-4,11,13-14H,5-10,12H2. The number of amides is 1. The van der Waals surface area contributed by atoms with Gasteiger partial charge in [-0.3, -0.25) is 19.1 Å². The van der Waals surface area contributed by atoms with Gasteiger partial charge in [0.05, 0.1) is 18.3 Å². The van der Waals surface area contributed by atoms with Crippen molar-refractivity contribution in [2.45, 2.75) is 13.1 Å². The first-order valence-corrected chi connectivity index (χ1v) is 8.53. The molecule has 0 spiro atoms. The summed E-state index contributed by atoms with van der Waals surface area (Å²) in [7, 11) is 0. The Balaban J connectivity index is 1.29. The summed E-state index contributed by atoms with van der Waals surface area (Å²) in [5.41, 5.74) is 1.00. The zero-order valence-electron chi connectivity index (χ0n) is 14.0. The van der Waals surface area contributed by atoms with Crippen LogP contribution in [0.5, 0.6) is 0 Å².